The Morgan fingerprint density at radius 2 is 1.86 bits per heavy atom. The van der Waals surface area contributed by atoms with E-state index in [9.17, 15) is 9.59 Å². The Hall–Kier alpha value is -4.79. The first-order chi connectivity index (χ1) is 17.5. The molecule has 4 aromatic rings. The van der Waals surface area contributed by atoms with E-state index in [0.717, 1.165) is 5.56 Å². The zero-order valence-electron chi connectivity index (χ0n) is 19.8. The van der Waals surface area contributed by atoms with Crippen LogP contribution in [0.2, 0.25) is 0 Å². The summed E-state index contributed by atoms with van der Waals surface area (Å²) in [4.78, 5) is 25.9. The van der Waals surface area contributed by atoms with Crippen LogP contribution in [0.25, 0.3) is 5.69 Å². The van der Waals surface area contributed by atoms with Crippen molar-refractivity contribution in [3.05, 3.63) is 94.4 Å². The van der Waals surface area contributed by atoms with Gasteiger partial charge in [0.2, 0.25) is 6.79 Å². The van der Waals surface area contributed by atoms with Gasteiger partial charge in [-0.1, -0.05) is 23.8 Å². The average Bonchev–Trinajstić information content (AvgIpc) is 3.35. The van der Waals surface area contributed by atoms with E-state index in [1.807, 2.05) is 38.1 Å². The number of nitrogens with one attached hydrogen (secondary N) is 2. The van der Waals surface area contributed by atoms with Gasteiger partial charge in [0.15, 0.2) is 22.9 Å². The van der Waals surface area contributed by atoms with Crippen molar-refractivity contribution in [3.63, 3.8) is 0 Å². The van der Waals surface area contributed by atoms with Crippen molar-refractivity contribution in [2.75, 3.05) is 18.7 Å². The summed E-state index contributed by atoms with van der Waals surface area (Å²) in [5.41, 5.74) is 2.44. The Morgan fingerprint density at radius 1 is 1.06 bits per heavy atom. The maximum atomic E-state index is 13.6. The van der Waals surface area contributed by atoms with Crippen molar-refractivity contribution in [1.82, 2.24) is 15.1 Å². The highest BCUT2D eigenvalue weighted by atomic mass is 16.7. The van der Waals surface area contributed by atoms with Gasteiger partial charge in [-0.3, -0.25) is 9.59 Å². The minimum Gasteiger partial charge on any atom is -0.454 e. The molecule has 5 rings (SSSR count). The summed E-state index contributed by atoms with van der Waals surface area (Å²) in [6.45, 7) is 4.47. The molecule has 2 heterocycles. The molecular weight excluding hydrogens is 460 g/mol. The van der Waals surface area contributed by atoms with E-state index in [4.69, 9.17) is 14.2 Å². The standard InChI is InChI=1S/C27H24N4O5/c1-3-28-26(32)18-5-4-6-19(13-18)30-25-24(36-21-11-12-22-23(14-21)35-16-34-22)15-29-31(27(25)33)20-9-7-17(2)8-10-20/h4-15,30H,3,16H2,1-2H3,(H,28,32). The molecule has 0 saturated heterocycles. The van der Waals surface area contributed by atoms with Gasteiger partial charge in [-0.15, -0.1) is 0 Å². The molecule has 2 N–H and O–H groups in total. The third-order valence-corrected chi connectivity index (χ3v) is 5.52. The molecule has 0 aliphatic carbocycles. The zero-order valence-corrected chi connectivity index (χ0v) is 19.8. The number of hydrogen-bond donors (Lipinski definition) is 2. The average molecular weight is 485 g/mol. The van der Waals surface area contributed by atoms with Crippen LogP contribution in [0, 0.1) is 6.92 Å². The lowest BCUT2D eigenvalue weighted by atomic mass is 10.2. The molecule has 0 atom stereocenters. The van der Waals surface area contributed by atoms with Crippen molar-refractivity contribution in [2.24, 2.45) is 0 Å². The molecule has 3 aromatic carbocycles. The molecule has 1 aliphatic heterocycles. The monoisotopic (exact) mass is 484 g/mol. The van der Waals surface area contributed by atoms with Crippen molar-refractivity contribution >= 4 is 17.3 Å². The second kappa shape index (κ2) is 9.83. The van der Waals surface area contributed by atoms with Crippen LogP contribution in [0.4, 0.5) is 11.4 Å². The maximum Gasteiger partial charge on any atom is 0.299 e. The number of carbonyl (C=O) groups excluding carboxylic acids is 1. The molecule has 0 unspecified atom stereocenters. The third kappa shape index (κ3) is 4.72. The largest absolute Gasteiger partial charge is 0.454 e. The highest BCUT2D eigenvalue weighted by molar-refractivity contribution is 5.95. The molecule has 9 heteroatoms. The van der Waals surface area contributed by atoms with E-state index in [-0.39, 0.29) is 24.1 Å². The van der Waals surface area contributed by atoms with Gasteiger partial charge in [0, 0.05) is 23.9 Å². The first-order valence-corrected chi connectivity index (χ1v) is 11.4. The second-order valence-corrected chi connectivity index (χ2v) is 8.12. The summed E-state index contributed by atoms with van der Waals surface area (Å²) in [5, 5.41) is 10.3. The molecule has 0 radical (unpaired) electrons. The number of rotatable bonds is 7. The number of benzene rings is 3. The van der Waals surface area contributed by atoms with Crippen LogP contribution in [0.3, 0.4) is 0 Å². The Bertz CT molecular complexity index is 1480. The second-order valence-electron chi connectivity index (χ2n) is 8.12. The van der Waals surface area contributed by atoms with E-state index < -0.39 is 5.56 Å². The molecule has 9 nitrogen and oxygen atoms in total. The smallest absolute Gasteiger partial charge is 0.299 e. The van der Waals surface area contributed by atoms with Crippen molar-refractivity contribution in [1.29, 1.82) is 0 Å². The highest BCUT2D eigenvalue weighted by Crippen LogP contribution is 2.37. The van der Waals surface area contributed by atoms with Gasteiger partial charge in [-0.05, 0) is 56.3 Å². The Kier molecular flexibility index (Phi) is 6.27. The Balaban J connectivity index is 1.55. The van der Waals surface area contributed by atoms with Crippen LogP contribution in [0.1, 0.15) is 22.8 Å². The lowest BCUT2D eigenvalue weighted by Gasteiger charge is -2.15. The van der Waals surface area contributed by atoms with E-state index in [2.05, 4.69) is 15.7 Å². The number of hydrogen-bond acceptors (Lipinski definition) is 7. The number of amides is 1. The van der Waals surface area contributed by atoms with Gasteiger partial charge in [0.1, 0.15) is 5.75 Å². The Morgan fingerprint density at radius 3 is 2.67 bits per heavy atom. The molecule has 182 valence electrons. The van der Waals surface area contributed by atoms with Crippen LogP contribution in [-0.4, -0.2) is 29.0 Å². The predicted molar refractivity (Wildman–Crippen MR) is 135 cm³/mol. The van der Waals surface area contributed by atoms with Gasteiger partial charge in [-0.2, -0.15) is 9.78 Å². The Labute approximate surface area is 207 Å². The number of nitrogens with zero attached hydrogens (tertiary/aromatic N) is 2. The maximum absolute atomic E-state index is 13.6. The van der Waals surface area contributed by atoms with Gasteiger partial charge >= 0.3 is 0 Å². The third-order valence-electron chi connectivity index (χ3n) is 5.52. The van der Waals surface area contributed by atoms with E-state index in [1.54, 1.807) is 42.5 Å². The first-order valence-electron chi connectivity index (χ1n) is 11.4. The van der Waals surface area contributed by atoms with Crippen molar-refractivity contribution in [2.45, 2.75) is 13.8 Å². The summed E-state index contributed by atoms with van der Waals surface area (Å²) in [7, 11) is 0. The van der Waals surface area contributed by atoms with Crippen molar-refractivity contribution < 1.29 is 19.0 Å². The minimum atomic E-state index is -0.416. The van der Waals surface area contributed by atoms with E-state index in [0.29, 0.717) is 40.7 Å². The lowest BCUT2D eigenvalue weighted by molar-refractivity contribution is 0.0956. The molecule has 0 saturated carbocycles. The summed E-state index contributed by atoms with van der Waals surface area (Å²) in [6, 6.07) is 19.5. The van der Waals surface area contributed by atoms with Crippen LogP contribution >= 0.6 is 0 Å². The van der Waals surface area contributed by atoms with Crippen LogP contribution < -0.4 is 30.4 Å². The fraction of sp³-hybridized carbons (Fsp3) is 0.148. The zero-order chi connectivity index (χ0) is 25.1. The summed E-state index contributed by atoms with van der Waals surface area (Å²) < 4.78 is 18.1. The van der Waals surface area contributed by atoms with Gasteiger partial charge in [0.05, 0.1) is 11.9 Å². The molecule has 1 amide bonds. The topological polar surface area (TPSA) is 104 Å². The molecule has 0 bridgehead atoms. The van der Waals surface area contributed by atoms with Gasteiger partial charge in [0.25, 0.3) is 11.5 Å². The first kappa shape index (κ1) is 23.0. The highest BCUT2D eigenvalue weighted by Gasteiger charge is 2.18. The lowest BCUT2D eigenvalue weighted by Crippen LogP contribution is -2.24. The molecule has 1 aromatic heterocycles. The SMILES string of the molecule is CCNC(=O)c1cccc(Nc2c(Oc3ccc4c(c3)OCO4)cnn(-c3ccc(C)cc3)c2=O)c1. The van der Waals surface area contributed by atoms with E-state index in [1.165, 1.54) is 10.9 Å². The number of carbonyl (C=O) groups is 1. The molecule has 36 heavy (non-hydrogen) atoms. The molecule has 0 fully saturated rings. The summed E-state index contributed by atoms with van der Waals surface area (Å²) in [5.74, 6) is 1.64. The summed E-state index contributed by atoms with van der Waals surface area (Å²) >= 11 is 0. The molecular formula is C27H24N4O5. The van der Waals surface area contributed by atoms with Gasteiger partial charge in [-0.25, -0.2) is 0 Å². The minimum absolute atomic E-state index is 0.141. The van der Waals surface area contributed by atoms with Crippen LogP contribution in [0.15, 0.2) is 77.7 Å². The van der Waals surface area contributed by atoms with E-state index >= 15 is 0 Å². The molecule has 1 aliphatic rings. The quantitative estimate of drug-likeness (QED) is 0.396. The van der Waals surface area contributed by atoms with Crippen molar-refractivity contribution in [3.8, 4) is 28.7 Å². The van der Waals surface area contributed by atoms with Crippen LogP contribution in [0.5, 0.6) is 23.0 Å². The number of aromatic nitrogens is 2. The fourth-order valence-electron chi connectivity index (χ4n) is 3.71. The number of fused-ring (bicyclic) bond motifs is 1. The fourth-order valence-corrected chi connectivity index (χ4v) is 3.71. The predicted octanol–water partition coefficient (Wildman–Crippen LogP) is 4.56. The number of anilines is 2. The molecule has 0 spiro atoms. The van der Waals surface area contributed by atoms with Crippen LogP contribution in [-0.2, 0) is 0 Å². The number of aryl methyl sites for hydroxylation is 1. The normalized spacial score (nSPS) is 11.7. The summed E-state index contributed by atoms with van der Waals surface area (Å²) in [6.07, 6.45) is 1.47. The number of ether oxygens (including phenoxy) is 3. The van der Waals surface area contributed by atoms with Gasteiger partial charge < -0.3 is 24.8 Å².